The quantitative estimate of drug-likeness (QED) is 0.485. The molecular weight excluding hydrogens is 152 g/mol. The molecule has 0 aromatic carbocycles. The Labute approximate surface area is 57.9 Å². The van der Waals surface area contributed by atoms with Gasteiger partial charge in [-0.25, -0.2) is 13.4 Å². The fraction of sp³-hybridized carbons (Fsp3) is 0.200. The van der Waals surface area contributed by atoms with Gasteiger partial charge >= 0.3 is 0 Å². The molecule has 0 saturated heterocycles. The molecule has 0 amide bonds. The third kappa shape index (κ3) is 0.578. The predicted molar refractivity (Wildman–Crippen MR) is 37.8 cm³/mol. The normalized spacial score (nSPS) is 26.0. The molecule has 2 heterocycles. The lowest BCUT2D eigenvalue weighted by atomic mass is 10.4. The van der Waals surface area contributed by atoms with Gasteiger partial charge in [0.05, 0.1) is 5.71 Å². The average molecular weight is 156 g/mol. The maximum atomic E-state index is 11.0. The van der Waals surface area contributed by atoms with Gasteiger partial charge < -0.3 is 0 Å². The lowest BCUT2D eigenvalue weighted by Gasteiger charge is -1.87. The van der Waals surface area contributed by atoms with Crippen molar-refractivity contribution in [3.05, 3.63) is 12.3 Å². The summed E-state index contributed by atoms with van der Waals surface area (Å²) in [5.41, 5.74) is 0.500. The SMILES string of the molecule is O=S1(=O)CN=C2C=CN=C21. The number of sulfone groups is 1. The zero-order valence-electron chi connectivity index (χ0n) is 4.98. The van der Waals surface area contributed by atoms with Crippen LogP contribution in [-0.4, -0.2) is 25.0 Å². The molecule has 0 radical (unpaired) electrons. The summed E-state index contributed by atoms with van der Waals surface area (Å²) in [6.45, 7) is 0. The Morgan fingerprint density at radius 1 is 1.50 bits per heavy atom. The molecule has 2 rings (SSSR count). The maximum Gasteiger partial charge on any atom is 0.217 e. The first-order valence-corrected chi connectivity index (χ1v) is 4.37. The van der Waals surface area contributed by atoms with Crippen molar-refractivity contribution in [3.63, 3.8) is 0 Å². The lowest BCUT2D eigenvalue weighted by molar-refractivity contribution is 0.609. The minimum atomic E-state index is -3.14. The van der Waals surface area contributed by atoms with Crippen molar-refractivity contribution < 1.29 is 8.42 Å². The lowest BCUT2D eigenvalue weighted by Crippen LogP contribution is -2.14. The summed E-state index contributed by atoms with van der Waals surface area (Å²) in [6.07, 6.45) is 3.05. The highest BCUT2D eigenvalue weighted by Crippen LogP contribution is 2.13. The van der Waals surface area contributed by atoms with Gasteiger partial charge in [0.15, 0.2) is 5.04 Å². The van der Waals surface area contributed by atoms with E-state index in [1.54, 1.807) is 6.08 Å². The second-order valence-electron chi connectivity index (χ2n) is 2.04. The number of rotatable bonds is 0. The Balaban J connectivity index is 2.66. The number of aliphatic imine (C=N–C) groups is 2. The molecule has 2 aliphatic heterocycles. The Morgan fingerprint density at radius 2 is 2.30 bits per heavy atom. The first-order chi connectivity index (χ1) is 4.70. The van der Waals surface area contributed by atoms with Gasteiger partial charge in [0.1, 0.15) is 5.88 Å². The maximum absolute atomic E-state index is 11.0. The van der Waals surface area contributed by atoms with Crippen LogP contribution in [-0.2, 0) is 9.84 Å². The van der Waals surface area contributed by atoms with Crippen molar-refractivity contribution >= 4 is 20.6 Å². The molecule has 5 heteroatoms. The van der Waals surface area contributed by atoms with Crippen LogP contribution < -0.4 is 0 Å². The Hall–Kier alpha value is -0.970. The van der Waals surface area contributed by atoms with Gasteiger partial charge in [0, 0.05) is 6.20 Å². The van der Waals surface area contributed by atoms with Crippen LogP contribution in [0, 0.1) is 0 Å². The summed E-state index contributed by atoms with van der Waals surface area (Å²) in [4.78, 5) is 7.43. The van der Waals surface area contributed by atoms with Gasteiger partial charge in [-0.2, -0.15) is 0 Å². The van der Waals surface area contributed by atoms with Crippen molar-refractivity contribution in [2.45, 2.75) is 0 Å². The number of hydrogen-bond acceptors (Lipinski definition) is 4. The second-order valence-corrected chi connectivity index (χ2v) is 3.91. The predicted octanol–water partition coefficient (Wildman–Crippen LogP) is -0.261. The van der Waals surface area contributed by atoms with Crippen molar-refractivity contribution in [1.82, 2.24) is 0 Å². The largest absolute Gasteiger partial charge is 0.266 e. The van der Waals surface area contributed by atoms with Gasteiger partial charge in [-0.1, -0.05) is 0 Å². The molecule has 0 aliphatic carbocycles. The van der Waals surface area contributed by atoms with Crippen LogP contribution in [0.15, 0.2) is 22.3 Å². The van der Waals surface area contributed by atoms with Crippen LogP contribution in [0.25, 0.3) is 0 Å². The van der Waals surface area contributed by atoms with E-state index in [4.69, 9.17) is 0 Å². The molecule has 0 spiro atoms. The van der Waals surface area contributed by atoms with E-state index < -0.39 is 9.84 Å². The molecule has 0 atom stereocenters. The Morgan fingerprint density at radius 3 is 3.00 bits per heavy atom. The number of allylic oxidation sites excluding steroid dienone is 1. The summed E-state index contributed by atoms with van der Waals surface area (Å²) in [5.74, 6) is -0.133. The number of hydrogen-bond donors (Lipinski definition) is 0. The van der Waals surface area contributed by atoms with E-state index >= 15 is 0 Å². The molecular formula is C5H4N2O2S. The van der Waals surface area contributed by atoms with Crippen LogP contribution in [0.1, 0.15) is 0 Å². The molecule has 0 fully saturated rings. The van der Waals surface area contributed by atoms with Gasteiger partial charge in [0.25, 0.3) is 0 Å². The summed E-state index contributed by atoms with van der Waals surface area (Å²) in [7, 11) is -3.14. The molecule has 10 heavy (non-hydrogen) atoms. The first kappa shape index (κ1) is 5.79. The molecule has 2 aliphatic rings. The molecule has 52 valence electrons. The zero-order chi connectivity index (χ0) is 7.19. The Bertz CT molecular complexity index is 361. The topological polar surface area (TPSA) is 58.9 Å². The van der Waals surface area contributed by atoms with Crippen molar-refractivity contribution in [2.24, 2.45) is 9.98 Å². The van der Waals surface area contributed by atoms with Crippen molar-refractivity contribution in [1.29, 1.82) is 0 Å². The van der Waals surface area contributed by atoms with Crippen LogP contribution in [0.4, 0.5) is 0 Å². The number of nitrogens with zero attached hydrogens (tertiary/aromatic N) is 2. The highest BCUT2D eigenvalue weighted by molar-refractivity contribution is 8.09. The molecule has 0 unspecified atom stereocenters. The summed E-state index contributed by atoms with van der Waals surface area (Å²) >= 11 is 0. The smallest absolute Gasteiger partial charge is 0.217 e. The fourth-order valence-electron chi connectivity index (χ4n) is 0.889. The van der Waals surface area contributed by atoms with E-state index in [1.807, 2.05) is 0 Å². The molecule has 0 aromatic rings. The molecule has 4 nitrogen and oxygen atoms in total. The summed E-state index contributed by atoms with van der Waals surface area (Å²) < 4.78 is 21.9. The van der Waals surface area contributed by atoms with E-state index in [9.17, 15) is 8.42 Å². The molecule has 0 N–H and O–H groups in total. The van der Waals surface area contributed by atoms with Gasteiger partial charge in [-0.3, -0.25) is 4.99 Å². The van der Waals surface area contributed by atoms with Gasteiger partial charge in [0.2, 0.25) is 9.84 Å². The fourth-order valence-corrected chi connectivity index (χ4v) is 1.99. The van der Waals surface area contributed by atoms with E-state index in [-0.39, 0.29) is 10.9 Å². The van der Waals surface area contributed by atoms with Gasteiger partial charge in [-0.05, 0) is 6.08 Å². The molecule has 0 aromatic heterocycles. The third-order valence-corrected chi connectivity index (χ3v) is 2.72. The van der Waals surface area contributed by atoms with Crippen molar-refractivity contribution in [3.8, 4) is 0 Å². The number of fused-ring (bicyclic) bond motifs is 1. The van der Waals surface area contributed by atoms with Crippen LogP contribution >= 0.6 is 0 Å². The monoisotopic (exact) mass is 156 g/mol. The van der Waals surface area contributed by atoms with Crippen LogP contribution in [0.2, 0.25) is 0 Å². The highest BCUT2D eigenvalue weighted by Gasteiger charge is 2.30. The molecule has 0 saturated carbocycles. The minimum Gasteiger partial charge on any atom is -0.266 e. The first-order valence-electron chi connectivity index (χ1n) is 2.72. The average Bonchev–Trinajstić information content (AvgIpc) is 2.36. The van der Waals surface area contributed by atoms with Gasteiger partial charge in [-0.15, -0.1) is 0 Å². The summed E-state index contributed by atoms with van der Waals surface area (Å²) in [6, 6.07) is 0. The van der Waals surface area contributed by atoms with E-state index in [0.29, 0.717) is 5.71 Å². The van der Waals surface area contributed by atoms with Crippen molar-refractivity contribution in [2.75, 3.05) is 5.88 Å². The summed E-state index contributed by atoms with van der Waals surface area (Å²) in [5, 5.41) is 0.132. The minimum absolute atomic E-state index is 0.132. The molecule has 0 bridgehead atoms. The zero-order valence-corrected chi connectivity index (χ0v) is 5.80. The standard InChI is InChI=1S/C5H4N2O2S/c8-10(9)3-7-4-1-2-6-5(4)10/h1-2H,3H2. The third-order valence-electron chi connectivity index (χ3n) is 1.34. The van der Waals surface area contributed by atoms with Crippen LogP contribution in [0.3, 0.4) is 0 Å². The highest BCUT2D eigenvalue weighted by atomic mass is 32.2. The van der Waals surface area contributed by atoms with E-state index in [2.05, 4.69) is 9.98 Å². The van der Waals surface area contributed by atoms with Crippen LogP contribution in [0.5, 0.6) is 0 Å². The van der Waals surface area contributed by atoms with E-state index in [1.165, 1.54) is 6.20 Å². The second kappa shape index (κ2) is 1.54. The van der Waals surface area contributed by atoms with E-state index in [0.717, 1.165) is 0 Å². The Kier molecular flexibility index (Phi) is 0.894.